The molecule has 1 heterocycles. The second-order valence-corrected chi connectivity index (χ2v) is 7.05. The first kappa shape index (κ1) is 20.2. The van der Waals surface area contributed by atoms with Gasteiger partial charge in [-0.2, -0.15) is 0 Å². The fourth-order valence-electron chi connectivity index (χ4n) is 3.45. The molecule has 0 saturated heterocycles. The zero-order valence-electron chi connectivity index (χ0n) is 17.5. The Hall–Kier alpha value is -4.06. The van der Waals surface area contributed by atoms with Crippen LogP contribution >= 0.6 is 0 Å². The van der Waals surface area contributed by atoms with Gasteiger partial charge in [-0.05, 0) is 49.4 Å². The summed E-state index contributed by atoms with van der Waals surface area (Å²) < 4.78 is 12.0. The molecule has 156 valence electrons. The number of aromatic hydroxyl groups is 1. The van der Waals surface area contributed by atoms with Gasteiger partial charge in [-0.15, -0.1) is 0 Å². The van der Waals surface area contributed by atoms with Gasteiger partial charge in [0.1, 0.15) is 11.5 Å². The van der Waals surface area contributed by atoms with E-state index in [1.54, 1.807) is 55.8 Å². The van der Waals surface area contributed by atoms with Crippen molar-refractivity contribution < 1.29 is 14.6 Å². The van der Waals surface area contributed by atoms with E-state index >= 15 is 0 Å². The minimum Gasteiger partial charge on any atom is -0.497 e. The lowest BCUT2D eigenvalue weighted by Crippen LogP contribution is -2.20. The molecule has 1 N–H and O–H groups in total. The molecule has 0 bridgehead atoms. The number of benzene rings is 3. The molecule has 4 aromatic rings. The predicted molar refractivity (Wildman–Crippen MR) is 123 cm³/mol. The Morgan fingerprint density at radius 2 is 1.68 bits per heavy atom. The highest BCUT2D eigenvalue weighted by Gasteiger charge is 2.19. The lowest BCUT2D eigenvalue weighted by Gasteiger charge is -2.16. The van der Waals surface area contributed by atoms with Crippen molar-refractivity contribution in [3.05, 3.63) is 88.2 Å². The molecule has 6 heteroatoms. The minimum absolute atomic E-state index is 0.219. The monoisotopic (exact) mass is 414 g/mol. The van der Waals surface area contributed by atoms with Gasteiger partial charge in [0.05, 0.1) is 36.5 Å². The first-order chi connectivity index (χ1) is 15.0. The Morgan fingerprint density at radius 1 is 0.935 bits per heavy atom. The lowest BCUT2D eigenvalue weighted by molar-refractivity contribution is 0.403. The summed E-state index contributed by atoms with van der Waals surface area (Å²) in [7, 11) is 3.06. The van der Waals surface area contributed by atoms with Crippen molar-refractivity contribution in [3.63, 3.8) is 0 Å². The van der Waals surface area contributed by atoms with E-state index in [2.05, 4.69) is 4.99 Å². The number of fused-ring (bicyclic) bond motifs is 1. The normalized spacial score (nSPS) is 11.2. The van der Waals surface area contributed by atoms with Crippen LogP contribution in [-0.2, 0) is 0 Å². The van der Waals surface area contributed by atoms with Crippen LogP contribution in [0.25, 0.3) is 16.5 Å². The van der Waals surface area contributed by atoms with E-state index in [1.807, 2.05) is 31.2 Å². The molecule has 4 rings (SSSR count). The van der Waals surface area contributed by atoms with E-state index in [4.69, 9.17) is 9.47 Å². The largest absolute Gasteiger partial charge is 0.497 e. The van der Waals surface area contributed by atoms with E-state index in [0.29, 0.717) is 33.5 Å². The average molecular weight is 414 g/mol. The Balaban J connectivity index is 2.02. The standard InChI is InChI=1S/C25H22N2O4/c1-16-8-10-17(11-9-16)26-15-21-19-13-12-18(30-2)14-20(19)24(28)27(25(21)29)22-6-4-5-7-23(22)31-3/h4-15,29H,1-3H3. The minimum atomic E-state index is -0.386. The Bertz CT molecular complexity index is 1340. The van der Waals surface area contributed by atoms with Crippen molar-refractivity contribution >= 4 is 22.7 Å². The molecule has 3 aromatic carbocycles. The molecule has 0 fully saturated rings. The molecule has 0 spiro atoms. The van der Waals surface area contributed by atoms with Crippen LogP contribution in [0.1, 0.15) is 11.1 Å². The summed E-state index contributed by atoms with van der Waals surface area (Å²) in [5.41, 5.74) is 2.33. The first-order valence-corrected chi connectivity index (χ1v) is 9.73. The number of methoxy groups -OCH3 is 2. The molecule has 6 nitrogen and oxygen atoms in total. The van der Waals surface area contributed by atoms with Gasteiger partial charge < -0.3 is 14.6 Å². The van der Waals surface area contributed by atoms with Crippen LogP contribution in [0.4, 0.5) is 5.69 Å². The molecule has 0 aliphatic heterocycles. The Labute approximate surface area is 179 Å². The smallest absolute Gasteiger partial charge is 0.266 e. The van der Waals surface area contributed by atoms with Crippen molar-refractivity contribution in [2.24, 2.45) is 4.99 Å². The third kappa shape index (κ3) is 3.75. The number of aromatic nitrogens is 1. The third-order valence-electron chi connectivity index (χ3n) is 5.11. The van der Waals surface area contributed by atoms with Gasteiger partial charge in [-0.25, -0.2) is 4.57 Å². The van der Waals surface area contributed by atoms with Crippen LogP contribution in [0.15, 0.2) is 76.5 Å². The van der Waals surface area contributed by atoms with Crippen LogP contribution < -0.4 is 15.0 Å². The van der Waals surface area contributed by atoms with Crippen LogP contribution in [-0.4, -0.2) is 30.1 Å². The number of hydrogen-bond acceptors (Lipinski definition) is 5. The van der Waals surface area contributed by atoms with Crippen LogP contribution in [0.2, 0.25) is 0 Å². The van der Waals surface area contributed by atoms with Gasteiger partial charge in [0, 0.05) is 11.6 Å². The average Bonchev–Trinajstić information content (AvgIpc) is 2.80. The van der Waals surface area contributed by atoms with E-state index in [9.17, 15) is 9.90 Å². The second kappa shape index (κ2) is 8.36. The molecule has 0 saturated carbocycles. The first-order valence-electron chi connectivity index (χ1n) is 9.73. The summed E-state index contributed by atoms with van der Waals surface area (Å²) >= 11 is 0. The summed E-state index contributed by atoms with van der Waals surface area (Å²) in [5, 5.41) is 12.1. The van der Waals surface area contributed by atoms with E-state index < -0.39 is 0 Å². The molecule has 0 aliphatic rings. The fraction of sp³-hybridized carbons (Fsp3) is 0.120. The quantitative estimate of drug-likeness (QED) is 0.477. The summed E-state index contributed by atoms with van der Waals surface area (Å²) in [4.78, 5) is 17.9. The molecule has 0 aliphatic carbocycles. The number of nitrogens with zero attached hydrogens (tertiary/aromatic N) is 2. The van der Waals surface area contributed by atoms with Gasteiger partial charge in [0.15, 0.2) is 0 Å². The van der Waals surface area contributed by atoms with E-state index in [-0.39, 0.29) is 11.4 Å². The summed E-state index contributed by atoms with van der Waals surface area (Å²) in [6.07, 6.45) is 1.57. The van der Waals surface area contributed by atoms with Crippen molar-refractivity contribution in [2.75, 3.05) is 14.2 Å². The Kier molecular flexibility index (Phi) is 5.45. The summed E-state index contributed by atoms with van der Waals surface area (Å²) in [5.74, 6) is 0.787. The number of rotatable bonds is 5. The van der Waals surface area contributed by atoms with Gasteiger partial charge in [-0.1, -0.05) is 29.8 Å². The molecule has 0 radical (unpaired) electrons. The number of pyridine rings is 1. The Morgan fingerprint density at radius 3 is 2.39 bits per heavy atom. The van der Waals surface area contributed by atoms with E-state index in [1.165, 1.54) is 11.7 Å². The van der Waals surface area contributed by atoms with Gasteiger partial charge in [-0.3, -0.25) is 9.79 Å². The van der Waals surface area contributed by atoms with Gasteiger partial charge >= 0.3 is 0 Å². The molecular formula is C25H22N2O4. The highest BCUT2D eigenvalue weighted by molar-refractivity contribution is 6.02. The number of hydrogen-bond donors (Lipinski definition) is 1. The van der Waals surface area contributed by atoms with Crippen molar-refractivity contribution in [3.8, 4) is 23.1 Å². The zero-order chi connectivity index (χ0) is 22.0. The van der Waals surface area contributed by atoms with Crippen molar-refractivity contribution in [2.45, 2.75) is 6.92 Å². The second-order valence-electron chi connectivity index (χ2n) is 7.05. The predicted octanol–water partition coefficient (Wildman–Crippen LogP) is 4.77. The fourth-order valence-corrected chi connectivity index (χ4v) is 3.45. The third-order valence-corrected chi connectivity index (χ3v) is 5.11. The maximum atomic E-state index is 13.4. The molecule has 0 atom stereocenters. The van der Waals surface area contributed by atoms with Crippen molar-refractivity contribution in [1.29, 1.82) is 0 Å². The molecule has 1 aromatic heterocycles. The maximum absolute atomic E-state index is 13.4. The number of para-hydroxylation sites is 2. The maximum Gasteiger partial charge on any atom is 0.266 e. The van der Waals surface area contributed by atoms with Gasteiger partial charge in [0.25, 0.3) is 5.56 Å². The number of aryl methyl sites for hydroxylation is 1. The summed E-state index contributed by atoms with van der Waals surface area (Å²) in [6, 6.07) is 19.9. The number of ether oxygens (including phenoxy) is 2. The SMILES string of the molecule is COc1ccc2c(C=Nc3ccc(C)cc3)c(O)n(-c3ccccc3OC)c(=O)c2c1. The van der Waals surface area contributed by atoms with Gasteiger partial charge in [0.2, 0.25) is 5.88 Å². The van der Waals surface area contributed by atoms with Crippen LogP contribution in [0, 0.1) is 6.92 Å². The molecule has 0 amide bonds. The molecule has 31 heavy (non-hydrogen) atoms. The molecule has 0 unspecified atom stereocenters. The topological polar surface area (TPSA) is 73.1 Å². The lowest BCUT2D eigenvalue weighted by atomic mass is 10.1. The van der Waals surface area contributed by atoms with Crippen molar-refractivity contribution in [1.82, 2.24) is 4.57 Å². The van der Waals surface area contributed by atoms with E-state index in [0.717, 1.165) is 11.3 Å². The molecular weight excluding hydrogens is 392 g/mol. The zero-order valence-corrected chi connectivity index (χ0v) is 17.5. The number of aliphatic imine (C=N–C) groups is 1. The van der Waals surface area contributed by atoms with Crippen LogP contribution in [0.5, 0.6) is 17.4 Å². The highest BCUT2D eigenvalue weighted by Crippen LogP contribution is 2.31. The highest BCUT2D eigenvalue weighted by atomic mass is 16.5. The summed E-state index contributed by atoms with van der Waals surface area (Å²) in [6.45, 7) is 2.00. The van der Waals surface area contributed by atoms with Crippen LogP contribution in [0.3, 0.4) is 0 Å².